The average molecular weight is 260 g/mol. The number of likely N-dealkylation sites (N-methyl/N-ethyl adjacent to an activating group) is 1. The molecule has 2 atom stereocenters. The van der Waals surface area contributed by atoms with Crippen LogP contribution >= 0.6 is 0 Å². The van der Waals surface area contributed by atoms with Crippen molar-refractivity contribution in [2.24, 2.45) is 0 Å². The van der Waals surface area contributed by atoms with E-state index in [4.69, 9.17) is 4.74 Å². The minimum Gasteiger partial charge on any atom is -0.488 e. The van der Waals surface area contributed by atoms with Crippen molar-refractivity contribution >= 4 is 0 Å². The van der Waals surface area contributed by atoms with E-state index < -0.39 is 0 Å². The fraction of sp³-hybridized carbons (Fsp3) is 0.625. The monoisotopic (exact) mass is 260 g/mol. The summed E-state index contributed by atoms with van der Waals surface area (Å²) in [5.41, 5.74) is 1.37. The molecule has 3 heteroatoms. The third kappa shape index (κ3) is 2.93. The first-order valence-corrected chi connectivity index (χ1v) is 7.56. The summed E-state index contributed by atoms with van der Waals surface area (Å²) < 4.78 is 6.06. The zero-order valence-corrected chi connectivity index (χ0v) is 11.8. The molecule has 1 fully saturated rings. The molecule has 0 amide bonds. The smallest absolute Gasteiger partial charge is 0.123 e. The number of hydrogen-bond acceptors (Lipinski definition) is 3. The van der Waals surface area contributed by atoms with Gasteiger partial charge in [-0.3, -0.25) is 4.90 Å². The van der Waals surface area contributed by atoms with E-state index in [-0.39, 0.29) is 0 Å². The van der Waals surface area contributed by atoms with Crippen molar-refractivity contribution in [1.82, 2.24) is 10.2 Å². The van der Waals surface area contributed by atoms with Crippen molar-refractivity contribution in [3.8, 4) is 5.75 Å². The Hall–Kier alpha value is -1.06. The van der Waals surface area contributed by atoms with Crippen LogP contribution < -0.4 is 10.1 Å². The van der Waals surface area contributed by atoms with Crippen molar-refractivity contribution in [3.63, 3.8) is 0 Å². The van der Waals surface area contributed by atoms with Crippen LogP contribution in [-0.4, -0.2) is 43.2 Å². The van der Waals surface area contributed by atoms with Gasteiger partial charge in [0.1, 0.15) is 11.9 Å². The first-order valence-electron chi connectivity index (χ1n) is 7.56. The molecule has 0 spiro atoms. The summed E-state index contributed by atoms with van der Waals surface area (Å²) >= 11 is 0. The Morgan fingerprint density at radius 2 is 2.26 bits per heavy atom. The maximum absolute atomic E-state index is 6.06. The molecule has 3 rings (SSSR count). The Labute approximate surface area is 115 Å². The quantitative estimate of drug-likeness (QED) is 0.877. The number of nitrogens with one attached hydrogen (secondary N) is 1. The molecular weight excluding hydrogens is 236 g/mol. The Morgan fingerprint density at radius 1 is 1.37 bits per heavy atom. The lowest BCUT2D eigenvalue weighted by Gasteiger charge is -2.27. The van der Waals surface area contributed by atoms with Gasteiger partial charge in [0.25, 0.3) is 0 Å². The first-order chi connectivity index (χ1) is 9.36. The molecule has 2 aliphatic rings. The molecule has 1 aromatic carbocycles. The molecule has 2 aliphatic heterocycles. The van der Waals surface area contributed by atoms with Gasteiger partial charge in [0.2, 0.25) is 0 Å². The van der Waals surface area contributed by atoms with E-state index in [1.807, 2.05) is 0 Å². The van der Waals surface area contributed by atoms with Crippen molar-refractivity contribution in [3.05, 3.63) is 29.8 Å². The zero-order chi connectivity index (χ0) is 13.1. The highest BCUT2D eigenvalue weighted by Crippen LogP contribution is 2.29. The van der Waals surface area contributed by atoms with Gasteiger partial charge >= 0.3 is 0 Å². The second-order valence-corrected chi connectivity index (χ2v) is 5.65. The van der Waals surface area contributed by atoms with Crippen LogP contribution in [0.3, 0.4) is 0 Å². The highest BCUT2D eigenvalue weighted by Gasteiger charge is 2.30. The summed E-state index contributed by atoms with van der Waals surface area (Å²) in [6, 6.07) is 9.15. The zero-order valence-electron chi connectivity index (χ0n) is 11.8. The highest BCUT2D eigenvalue weighted by molar-refractivity contribution is 5.37. The SMILES string of the molecule is CCNCC1CCCN1CC1Cc2ccccc2O1. The summed E-state index contributed by atoms with van der Waals surface area (Å²) in [6.45, 7) is 6.67. The first kappa shape index (κ1) is 12.9. The summed E-state index contributed by atoms with van der Waals surface area (Å²) in [4.78, 5) is 2.61. The van der Waals surface area contributed by atoms with E-state index >= 15 is 0 Å². The van der Waals surface area contributed by atoms with E-state index in [0.29, 0.717) is 12.1 Å². The average Bonchev–Trinajstić information content (AvgIpc) is 3.02. The number of ether oxygens (including phenoxy) is 1. The third-order valence-corrected chi connectivity index (χ3v) is 4.28. The van der Waals surface area contributed by atoms with Crippen LogP contribution in [0.5, 0.6) is 5.75 Å². The molecule has 19 heavy (non-hydrogen) atoms. The predicted octanol–water partition coefficient (Wildman–Crippen LogP) is 2.06. The summed E-state index contributed by atoms with van der Waals surface area (Å²) in [6.07, 6.45) is 4.07. The lowest BCUT2D eigenvalue weighted by molar-refractivity contribution is 0.141. The molecule has 3 nitrogen and oxygen atoms in total. The fourth-order valence-electron chi connectivity index (χ4n) is 3.29. The molecule has 0 radical (unpaired) electrons. The second kappa shape index (κ2) is 5.93. The van der Waals surface area contributed by atoms with E-state index in [9.17, 15) is 0 Å². The predicted molar refractivity (Wildman–Crippen MR) is 77.7 cm³/mol. The number of benzene rings is 1. The van der Waals surface area contributed by atoms with E-state index in [1.54, 1.807) is 0 Å². The fourth-order valence-corrected chi connectivity index (χ4v) is 3.29. The minimum absolute atomic E-state index is 0.347. The summed E-state index contributed by atoms with van der Waals surface area (Å²) in [5, 5.41) is 3.48. The lowest BCUT2D eigenvalue weighted by atomic mass is 10.1. The van der Waals surface area contributed by atoms with Crippen LogP contribution in [-0.2, 0) is 6.42 Å². The normalized spacial score (nSPS) is 26.4. The van der Waals surface area contributed by atoms with Crippen LogP contribution in [0.2, 0.25) is 0 Å². The minimum atomic E-state index is 0.347. The second-order valence-electron chi connectivity index (χ2n) is 5.65. The number of para-hydroxylation sites is 1. The molecular formula is C16H24N2O. The number of hydrogen-bond donors (Lipinski definition) is 1. The Balaban J connectivity index is 1.55. The van der Waals surface area contributed by atoms with Gasteiger partial charge in [0.15, 0.2) is 0 Å². The summed E-state index contributed by atoms with van der Waals surface area (Å²) in [5.74, 6) is 1.09. The van der Waals surface area contributed by atoms with E-state index in [2.05, 4.69) is 41.4 Å². The number of nitrogens with zero attached hydrogens (tertiary/aromatic N) is 1. The van der Waals surface area contributed by atoms with Crippen LogP contribution in [0.1, 0.15) is 25.3 Å². The molecule has 2 unspecified atom stereocenters. The van der Waals surface area contributed by atoms with Gasteiger partial charge in [-0.25, -0.2) is 0 Å². The van der Waals surface area contributed by atoms with Crippen LogP contribution in [0.25, 0.3) is 0 Å². The van der Waals surface area contributed by atoms with Gasteiger partial charge in [-0.05, 0) is 37.6 Å². The molecule has 1 N–H and O–H groups in total. The van der Waals surface area contributed by atoms with Gasteiger partial charge in [-0.2, -0.15) is 0 Å². The van der Waals surface area contributed by atoms with Crippen LogP contribution in [0.4, 0.5) is 0 Å². The van der Waals surface area contributed by atoms with Crippen molar-refractivity contribution in [2.45, 2.75) is 38.3 Å². The standard InChI is InChI=1S/C16H24N2O/c1-2-17-11-14-7-5-9-18(14)12-15-10-13-6-3-4-8-16(13)19-15/h3-4,6,8,14-15,17H,2,5,7,9-12H2,1H3. The van der Waals surface area contributed by atoms with Gasteiger partial charge in [-0.1, -0.05) is 25.1 Å². The molecule has 104 valence electrons. The number of fused-ring (bicyclic) bond motifs is 1. The Morgan fingerprint density at radius 3 is 3.11 bits per heavy atom. The molecule has 1 aromatic rings. The maximum Gasteiger partial charge on any atom is 0.123 e. The Kier molecular flexibility index (Phi) is 4.04. The van der Waals surface area contributed by atoms with E-state index in [0.717, 1.165) is 31.8 Å². The topological polar surface area (TPSA) is 24.5 Å². The molecule has 0 aliphatic carbocycles. The summed E-state index contributed by atoms with van der Waals surface area (Å²) in [7, 11) is 0. The van der Waals surface area contributed by atoms with Gasteiger partial charge in [0, 0.05) is 25.6 Å². The molecule has 1 saturated heterocycles. The number of likely N-dealkylation sites (tertiary alicyclic amines) is 1. The van der Waals surface area contributed by atoms with Gasteiger partial charge < -0.3 is 10.1 Å². The van der Waals surface area contributed by atoms with Crippen molar-refractivity contribution < 1.29 is 4.74 Å². The van der Waals surface area contributed by atoms with E-state index in [1.165, 1.54) is 24.9 Å². The van der Waals surface area contributed by atoms with Gasteiger partial charge in [-0.15, -0.1) is 0 Å². The largest absolute Gasteiger partial charge is 0.488 e. The molecule has 0 bridgehead atoms. The molecule has 0 saturated carbocycles. The maximum atomic E-state index is 6.06. The van der Waals surface area contributed by atoms with Crippen molar-refractivity contribution in [1.29, 1.82) is 0 Å². The lowest BCUT2D eigenvalue weighted by Crippen LogP contribution is -2.42. The Bertz CT molecular complexity index is 396. The van der Waals surface area contributed by atoms with Gasteiger partial charge in [0.05, 0.1) is 0 Å². The highest BCUT2D eigenvalue weighted by atomic mass is 16.5. The van der Waals surface area contributed by atoms with Crippen molar-refractivity contribution in [2.75, 3.05) is 26.2 Å². The van der Waals surface area contributed by atoms with Crippen LogP contribution in [0.15, 0.2) is 24.3 Å². The molecule has 2 heterocycles. The third-order valence-electron chi connectivity index (χ3n) is 4.28. The molecule has 0 aromatic heterocycles. The van der Waals surface area contributed by atoms with Crippen LogP contribution in [0, 0.1) is 0 Å². The number of rotatable bonds is 5.